The molecule has 0 aliphatic heterocycles. The molecule has 11 heteroatoms. The molecule has 0 radical (unpaired) electrons. The molecule has 0 aliphatic rings. The van der Waals surface area contributed by atoms with Crippen LogP contribution in [-0.4, -0.2) is 85.8 Å². The Morgan fingerprint density at radius 3 is 2.03 bits per heavy atom. The van der Waals surface area contributed by atoms with Crippen molar-refractivity contribution in [1.29, 1.82) is 0 Å². The molecular formula is C26H53N3O7S. The van der Waals surface area contributed by atoms with E-state index in [0.29, 0.717) is 19.3 Å². The maximum absolute atomic E-state index is 13.0. The molecule has 0 saturated heterocycles. The molecule has 0 aromatic rings. The predicted molar refractivity (Wildman–Crippen MR) is 147 cm³/mol. The SMILES string of the molecule is CCC(CCCN(CC)CC)OC(=O)N(CS(=O)(=O)OCCCC(C)NC(=O)OC(C)(C)C)C(C)(C)C. The highest BCUT2D eigenvalue weighted by molar-refractivity contribution is 7.86. The molecule has 0 spiro atoms. The van der Waals surface area contributed by atoms with Gasteiger partial charge in [-0.1, -0.05) is 20.8 Å². The zero-order valence-corrected chi connectivity index (χ0v) is 25.7. The maximum Gasteiger partial charge on any atom is 0.411 e. The Labute approximate surface area is 225 Å². The number of alkyl carbamates (subject to hydrolysis) is 1. The normalized spacial score (nSPS) is 14.2. The Hall–Kier alpha value is -1.59. The molecular weight excluding hydrogens is 498 g/mol. The van der Waals surface area contributed by atoms with Crippen molar-refractivity contribution < 1.29 is 31.7 Å². The Bertz CT molecular complexity index is 772. The summed E-state index contributed by atoms with van der Waals surface area (Å²) in [5, 5.41) is 2.71. The van der Waals surface area contributed by atoms with Gasteiger partial charge in [-0.15, -0.1) is 0 Å². The van der Waals surface area contributed by atoms with Gasteiger partial charge in [-0.2, -0.15) is 8.42 Å². The molecule has 0 aliphatic carbocycles. The second-order valence-corrected chi connectivity index (χ2v) is 13.0. The van der Waals surface area contributed by atoms with Crippen molar-refractivity contribution in [3.8, 4) is 0 Å². The molecule has 2 unspecified atom stereocenters. The highest BCUT2D eigenvalue weighted by Crippen LogP contribution is 2.20. The molecule has 0 saturated carbocycles. The van der Waals surface area contributed by atoms with E-state index in [4.69, 9.17) is 13.7 Å². The van der Waals surface area contributed by atoms with Gasteiger partial charge in [0, 0.05) is 11.6 Å². The third-order valence-electron chi connectivity index (χ3n) is 5.74. The van der Waals surface area contributed by atoms with Crippen LogP contribution in [0.1, 0.15) is 101 Å². The maximum atomic E-state index is 13.0. The van der Waals surface area contributed by atoms with Gasteiger partial charge in [0.05, 0.1) is 6.61 Å². The van der Waals surface area contributed by atoms with Crippen molar-refractivity contribution in [2.24, 2.45) is 0 Å². The summed E-state index contributed by atoms with van der Waals surface area (Å²) in [7, 11) is -4.03. The molecule has 10 nitrogen and oxygen atoms in total. The minimum Gasteiger partial charge on any atom is -0.446 e. The Balaban J connectivity index is 4.83. The van der Waals surface area contributed by atoms with Crippen LogP contribution >= 0.6 is 0 Å². The summed E-state index contributed by atoms with van der Waals surface area (Å²) in [6.45, 7) is 21.4. The summed E-state index contributed by atoms with van der Waals surface area (Å²) in [6.07, 6.45) is 1.71. The number of hydrogen-bond donors (Lipinski definition) is 1. The van der Waals surface area contributed by atoms with Gasteiger partial charge < -0.3 is 19.7 Å². The summed E-state index contributed by atoms with van der Waals surface area (Å²) in [4.78, 5) is 28.3. The molecule has 0 heterocycles. The number of amides is 2. The van der Waals surface area contributed by atoms with Gasteiger partial charge >= 0.3 is 12.2 Å². The first-order valence-corrected chi connectivity index (χ1v) is 15.1. The van der Waals surface area contributed by atoms with Crippen molar-refractivity contribution in [2.75, 3.05) is 32.1 Å². The third kappa shape index (κ3) is 16.8. The fourth-order valence-corrected chi connectivity index (χ4v) is 4.76. The van der Waals surface area contributed by atoms with Gasteiger partial charge in [0.2, 0.25) is 0 Å². The monoisotopic (exact) mass is 551 g/mol. The van der Waals surface area contributed by atoms with Crippen LogP contribution in [0.2, 0.25) is 0 Å². The van der Waals surface area contributed by atoms with Crippen molar-refractivity contribution in [3.63, 3.8) is 0 Å². The molecule has 2 amide bonds. The van der Waals surface area contributed by atoms with Crippen LogP contribution in [0, 0.1) is 0 Å². The smallest absolute Gasteiger partial charge is 0.411 e. The number of ether oxygens (including phenoxy) is 2. The van der Waals surface area contributed by atoms with Crippen LogP contribution in [0.3, 0.4) is 0 Å². The van der Waals surface area contributed by atoms with Crippen LogP contribution < -0.4 is 5.32 Å². The third-order valence-corrected chi connectivity index (χ3v) is 6.84. The second-order valence-electron chi connectivity index (χ2n) is 11.4. The molecule has 0 fully saturated rings. The Morgan fingerprint density at radius 1 is 0.946 bits per heavy atom. The molecule has 37 heavy (non-hydrogen) atoms. The zero-order chi connectivity index (χ0) is 28.9. The van der Waals surface area contributed by atoms with Gasteiger partial charge in [-0.3, -0.25) is 9.08 Å². The molecule has 0 bridgehead atoms. The summed E-state index contributed by atoms with van der Waals surface area (Å²) in [6, 6.07) is -0.213. The second kappa shape index (κ2) is 16.4. The van der Waals surface area contributed by atoms with E-state index in [2.05, 4.69) is 24.1 Å². The Kier molecular flexibility index (Phi) is 15.7. The van der Waals surface area contributed by atoms with E-state index >= 15 is 0 Å². The first kappa shape index (κ1) is 35.4. The summed E-state index contributed by atoms with van der Waals surface area (Å²) in [5.74, 6) is -0.600. The first-order chi connectivity index (χ1) is 16.9. The van der Waals surface area contributed by atoms with Crippen LogP contribution in [0.4, 0.5) is 9.59 Å². The summed E-state index contributed by atoms with van der Waals surface area (Å²) < 4.78 is 41.4. The van der Waals surface area contributed by atoms with E-state index in [1.54, 1.807) is 41.5 Å². The first-order valence-electron chi connectivity index (χ1n) is 13.5. The van der Waals surface area contributed by atoms with E-state index in [-0.39, 0.29) is 18.8 Å². The van der Waals surface area contributed by atoms with E-state index in [1.807, 2.05) is 13.8 Å². The fraction of sp³-hybridized carbons (Fsp3) is 0.923. The van der Waals surface area contributed by atoms with Crippen molar-refractivity contribution in [1.82, 2.24) is 15.1 Å². The zero-order valence-electron chi connectivity index (χ0n) is 24.9. The molecule has 0 rings (SSSR count). The van der Waals surface area contributed by atoms with Gasteiger partial charge in [0.25, 0.3) is 10.1 Å². The minimum atomic E-state index is -4.03. The van der Waals surface area contributed by atoms with E-state index < -0.39 is 39.3 Å². The molecule has 2 atom stereocenters. The number of carbonyl (C=O) groups is 2. The van der Waals surface area contributed by atoms with Crippen LogP contribution in [0.15, 0.2) is 0 Å². The molecule has 0 aromatic heterocycles. The van der Waals surface area contributed by atoms with Gasteiger partial charge in [-0.25, -0.2) is 9.59 Å². The highest BCUT2D eigenvalue weighted by atomic mass is 32.2. The van der Waals surface area contributed by atoms with E-state index in [1.165, 1.54) is 4.90 Å². The van der Waals surface area contributed by atoms with E-state index in [0.717, 1.165) is 32.5 Å². The minimum absolute atomic E-state index is 0.0569. The van der Waals surface area contributed by atoms with Gasteiger partial charge in [0.1, 0.15) is 11.7 Å². The van der Waals surface area contributed by atoms with Crippen LogP contribution in [-0.2, 0) is 23.8 Å². The lowest BCUT2D eigenvalue weighted by atomic mass is 10.1. The van der Waals surface area contributed by atoms with Crippen molar-refractivity contribution in [2.45, 2.75) is 125 Å². The number of nitrogens with one attached hydrogen (secondary N) is 1. The molecule has 0 aromatic carbocycles. The fourth-order valence-electron chi connectivity index (χ4n) is 3.51. The highest BCUT2D eigenvalue weighted by Gasteiger charge is 2.33. The van der Waals surface area contributed by atoms with Crippen molar-refractivity contribution in [3.05, 3.63) is 0 Å². The number of rotatable bonds is 16. The summed E-state index contributed by atoms with van der Waals surface area (Å²) >= 11 is 0. The quantitative estimate of drug-likeness (QED) is 0.208. The standard InChI is InChI=1S/C26H53N3O7S/c1-11-22(17-14-18-28(12-2)13-3)35-24(31)29(25(5,6)7)20-37(32,33)34-19-15-16-21(4)27-23(30)36-26(8,9)10/h21-22H,11-20H2,1-10H3,(H,27,30). The topological polar surface area (TPSA) is 114 Å². The lowest BCUT2D eigenvalue weighted by Crippen LogP contribution is -2.49. The predicted octanol–water partition coefficient (Wildman–Crippen LogP) is 5.12. The number of hydrogen-bond acceptors (Lipinski definition) is 8. The Morgan fingerprint density at radius 2 is 1.54 bits per heavy atom. The average Bonchev–Trinajstić information content (AvgIpc) is 2.75. The number of carbonyl (C=O) groups excluding carboxylic acids is 2. The van der Waals surface area contributed by atoms with Gasteiger partial charge in [-0.05, 0) is 100 Å². The lowest BCUT2D eigenvalue weighted by Gasteiger charge is -2.35. The summed E-state index contributed by atoms with van der Waals surface area (Å²) in [5.41, 5.74) is -1.37. The van der Waals surface area contributed by atoms with Crippen LogP contribution in [0.25, 0.3) is 0 Å². The lowest BCUT2D eigenvalue weighted by molar-refractivity contribution is 0.0368. The number of nitrogens with zero attached hydrogens (tertiary/aromatic N) is 2. The van der Waals surface area contributed by atoms with Gasteiger partial charge in [0.15, 0.2) is 5.88 Å². The molecule has 220 valence electrons. The van der Waals surface area contributed by atoms with Crippen LogP contribution in [0.5, 0.6) is 0 Å². The average molecular weight is 552 g/mol. The largest absolute Gasteiger partial charge is 0.446 e. The van der Waals surface area contributed by atoms with Crippen molar-refractivity contribution >= 4 is 22.3 Å². The van der Waals surface area contributed by atoms with E-state index in [9.17, 15) is 18.0 Å². The molecule has 1 N–H and O–H groups in total.